The van der Waals surface area contributed by atoms with Gasteiger partial charge in [0.05, 0.1) is 13.4 Å². The molecule has 1 aliphatic heterocycles. The van der Waals surface area contributed by atoms with Crippen molar-refractivity contribution in [3.8, 4) is 12.3 Å². The number of rotatable bonds is 9. The Morgan fingerprint density at radius 3 is 2.94 bits per heavy atom. The molecule has 1 saturated carbocycles. The number of halogens is 1. The Morgan fingerprint density at radius 2 is 2.29 bits per heavy atom. The van der Waals surface area contributed by atoms with Gasteiger partial charge >= 0.3 is 14.1 Å². The zero-order valence-corrected chi connectivity index (χ0v) is 19.2. The lowest BCUT2D eigenvalue weighted by Crippen LogP contribution is -2.42. The third kappa shape index (κ3) is 4.53. The maximum absolute atomic E-state index is 15.8. The highest BCUT2D eigenvalue weighted by atomic mass is 31.1. The van der Waals surface area contributed by atoms with Crippen molar-refractivity contribution in [3.63, 3.8) is 0 Å². The van der Waals surface area contributed by atoms with E-state index in [-0.39, 0.29) is 17.6 Å². The predicted molar refractivity (Wildman–Crippen MR) is 117 cm³/mol. The van der Waals surface area contributed by atoms with Crippen LogP contribution in [0.4, 0.5) is 16.2 Å². The molecule has 4 rings (SSSR count). The molecule has 1 aliphatic carbocycles. The Bertz CT molecular complexity index is 1150. The Balaban J connectivity index is 1.54. The summed E-state index contributed by atoms with van der Waals surface area (Å²) in [5.41, 5.74) is 3.64. The number of nitrogens with one attached hydrogen (secondary N) is 2. The van der Waals surface area contributed by atoms with Gasteiger partial charge in [0.15, 0.2) is 23.2 Å². The summed E-state index contributed by atoms with van der Waals surface area (Å²) >= 11 is 0. The van der Waals surface area contributed by atoms with E-state index in [9.17, 15) is 14.5 Å². The van der Waals surface area contributed by atoms with Gasteiger partial charge in [-0.05, 0) is 24.3 Å². The van der Waals surface area contributed by atoms with Crippen LogP contribution in [0.5, 0.6) is 0 Å². The van der Waals surface area contributed by atoms with Crippen LogP contribution in [-0.2, 0) is 23.4 Å². The van der Waals surface area contributed by atoms with Gasteiger partial charge < -0.3 is 25.6 Å². The number of ether oxygens (including phenoxy) is 2. The fourth-order valence-electron chi connectivity index (χ4n) is 3.50. The van der Waals surface area contributed by atoms with Gasteiger partial charge in [-0.15, -0.1) is 10.9 Å². The molecule has 5 N–H and O–H groups in total. The normalized spacial score (nSPS) is 27.9. The zero-order chi connectivity index (χ0) is 24.6. The lowest BCUT2D eigenvalue weighted by Gasteiger charge is -2.23. The fraction of sp³-hybridized carbons (Fsp3) is 0.579. The summed E-state index contributed by atoms with van der Waals surface area (Å²) in [7, 11) is -1.38. The van der Waals surface area contributed by atoms with Crippen molar-refractivity contribution in [1.82, 2.24) is 24.6 Å². The number of nitrogens with zero attached hydrogens (tertiary/aromatic N) is 4. The van der Waals surface area contributed by atoms with Crippen molar-refractivity contribution in [3.05, 3.63) is 6.33 Å². The summed E-state index contributed by atoms with van der Waals surface area (Å²) < 4.78 is 44.5. The number of carbonyl (C=O) groups is 1. The maximum Gasteiger partial charge on any atom is 0.613 e. The van der Waals surface area contributed by atoms with E-state index in [0.29, 0.717) is 11.3 Å². The molecule has 6 atom stereocenters. The molecular formula is C19H24FN7O6P+. The van der Waals surface area contributed by atoms with E-state index >= 15 is 4.39 Å². The average molecular weight is 496 g/mol. The van der Waals surface area contributed by atoms with Crippen LogP contribution in [0.25, 0.3) is 11.2 Å². The van der Waals surface area contributed by atoms with Crippen LogP contribution in [0.15, 0.2) is 6.33 Å². The number of anilines is 2. The van der Waals surface area contributed by atoms with E-state index in [4.69, 9.17) is 21.4 Å². The van der Waals surface area contributed by atoms with E-state index in [1.807, 2.05) is 5.92 Å². The third-order valence-electron chi connectivity index (χ3n) is 5.49. The molecule has 2 aromatic rings. The van der Waals surface area contributed by atoms with Gasteiger partial charge in [0.25, 0.3) is 0 Å². The fourth-order valence-corrected chi connectivity index (χ4v) is 4.28. The number of alkyl halides is 1. The minimum absolute atomic E-state index is 0.0659. The number of methoxy groups -OCH3 is 1. The van der Waals surface area contributed by atoms with Crippen LogP contribution in [0.1, 0.15) is 26.0 Å². The molecule has 182 valence electrons. The van der Waals surface area contributed by atoms with Crippen molar-refractivity contribution in [2.24, 2.45) is 0 Å². The highest BCUT2D eigenvalue weighted by Crippen LogP contribution is 2.43. The molecule has 34 heavy (non-hydrogen) atoms. The van der Waals surface area contributed by atoms with Gasteiger partial charge in [0.2, 0.25) is 11.6 Å². The van der Waals surface area contributed by atoms with E-state index < -0.39 is 50.9 Å². The van der Waals surface area contributed by atoms with Gasteiger partial charge in [0, 0.05) is 6.04 Å². The smallest absolute Gasteiger partial charge is 0.468 e. The van der Waals surface area contributed by atoms with E-state index in [0.717, 1.165) is 12.8 Å². The Hall–Kier alpha value is -2.95. The first-order chi connectivity index (χ1) is 16.2. The van der Waals surface area contributed by atoms with Crippen LogP contribution < -0.4 is 16.1 Å². The number of aliphatic hydroxyl groups is 1. The first kappa shape index (κ1) is 24.2. The number of hydrogen-bond donors (Lipinski definition) is 4. The van der Waals surface area contributed by atoms with Gasteiger partial charge in [-0.3, -0.25) is 9.36 Å². The summed E-state index contributed by atoms with van der Waals surface area (Å²) in [6.45, 7) is 0.938. The molecule has 2 aromatic heterocycles. The first-order valence-electron chi connectivity index (χ1n) is 10.4. The van der Waals surface area contributed by atoms with Gasteiger partial charge in [-0.1, -0.05) is 11.0 Å². The van der Waals surface area contributed by atoms with Crippen molar-refractivity contribution in [1.29, 1.82) is 0 Å². The summed E-state index contributed by atoms with van der Waals surface area (Å²) in [5, 5.41) is 16.2. The second-order valence-electron chi connectivity index (χ2n) is 7.98. The maximum atomic E-state index is 15.8. The van der Waals surface area contributed by atoms with Gasteiger partial charge in [0.1, 0.15) is 24.9 Å². The number of aromatic nitrogens is 4. The van der Waals surface area contributed by atoms with Crippen molar-refractivity contribution in [2.75, 3.05) is 24.8 Å². The van der Waals surface area contributed by atoms with E-state index in [1.54, 1.807) is 0 Å². The number of hydrogen-bond acceptors (Lipinski definition) is 11. The monoisotopic (exact) mass is 496 g/mol. The van der Waals surface area contributed by atoms with Gasteiger partial charge in [-0.2, -0.15) is 9.97 Å². The second-order valence-corrected chi connectivity index (χ2v) is 9.01. The molecule has 2 aliphatic rings. The van der Waals surface area contributed by atoms with E-state index in [2.05, 4.69) is 30.1 Å². The largest absolute Gasteiger partial charge is 0.613 e. The standard InChI is InChI=1S/C19H24FN7O6P/c1-4-19(20)13(28)11(7-32-34(30)26-9(2)16(29)31-3)33-17(19)27-8-22-12-14(23-10-5-6-10)24-18(21)25-15(12)27/h1,8-11,13,17,28H,5-7H2,2-3H3,(H,26,30)(H3,21,23,24,25)/q+1/t9-,11+,13+,17+,19+/m0/s1. The topological polar surface area (TPSA) is 176 Å². The number of nitrogen functional groups attached to an aromatic ring is 1. The van der Waals surface area contributed by atoms with Crippen molar-refractivity contribution in [2.45, 2.75) is 56.0 Å². The molecule has 15 heteroatoms. The lowest BCUT2D eigenvalue weighted by molar-refractivity contribution is -0.142. The number of esters is 1. The highest BCUT2D eigenvalue weighted by Gasteiger charge is 2.58. The number of carbonyl (C=O) groups excluding carboxylic acids is 1. The number of fused-ring (bicyclic) bond motifs is 1. The second kappa shape index (κ2) is 9.36. The summed E-state index contributed by atoms with van der Waals surface area (Å²) in [6.07, 6.45) is 4.01. The molecule has 2 fully saturated rings. The zero-order valence-electron chi connectivity index (χ0n) is 18.3. The molecule has 3 heterocycles. The summed E-state index contributed by atoms with van der Waals surface area (Å²) in [6, 6.07) is -0.667. The molecular weight excluding hydrogens is 472 g/mol. The molecule has 0 aromatic carbocycles. The molecule has 0 bridgehead atoms. The average Bonchev–Trinajstić information content (AvgIpc) is 3.47. The molecule has 0 radical (unpaired) electrons. The van der Waals surface area contributed by atoms with Crippen LogP contribution in [0.3, 0.4) is 0 Å². The number of imidazole rings is 1. The number of aliphatic hydroxyl groups excluding tert-OH is 1. The summed E-state index contributed by atoms with van der Waals surface area (Å²) in [5.74, 6) is 1.63. The molecule has 13 nitrogen and oxygen atoms in total. The molecule has 0 spiro atoms. The Kier molecular flexibility index (Phi) is 6.66. The van der Waals surface area contributed by atoms with Crippen LogP contribution in [-0.4, -0.2) is 74.3 Å². The molecule has 0 amide bonds. The number of terminal acetylenes is 1. The molecule has 1 unspecified atom stereocenters. The SMILES string of the molecule is C#C[C@@]1(F)[C@H](O)[C@@H](CO[P+](=O)N[C@@H](C)C(=O)OC)O[C@H]1n1cnc2c(NC3CC3)nc(N)nc21. The van der Waals surface area contributed by atoms with Crippen LogP contribution in [0, 0.1) is 12.3 Å². The minimum Gasteiger partial charge on any atom is -0.468 e. The third-order valence-corrected chi connectivity index (χ3v) is 6.47. The quantitative estimate of drug-likeness (QED) is 0.214. The molecule has 1 saturated heterocycles. The van der Waals surface area contributed by atoms with Crippen molar-refractivity contribution < 1.29 is 32.9 Å². The first-order valence-corrected chi connectivity index (χ1v) is 11.6. The van der Waals surface area contributed by atoms with Crippen LogP contribution >= 0.6 is 8.18 Å². The van der Waals surface area contributed by atoms with Crippen LogP contribution in [0.2, 0.25) is 0 Å². The van der Waals surface area contributed by atoms with Gasteiger partial charge in [-0.25, -0.2) is 9.37 Å². The Morgan fingerprint density at radius 1 is 1.56 bits per heavy atom. The minimum atomic E-state index is -2.69. The number of nitrogens with two attached hydrogens (primary N) is 1. The van der Waals surface area contributed by atoms with Crippen molar-refractivity contribution >= 4 is 37.1 Å². The van der Waals surface area contributed by atoms with E-state index in [1.165, 1.54) is 24.9 Å². The Labute approximate surface area is 194 Å². The lowest BCUT2D eigenvalue weighted by atomic mass is 9.97. The predicted octanol–water partition coefficient (Wildman–Crippen LogP) is 0.408. The summed E-state index contributed by atoms with van der Waals surface area (Å²) in [4.78, 5) is 24.0. The highest BCUT2D eigenvalue weighted by molar-refractivity contribution is 7.36.